The maximum atomic E-state index is 9.74. The Bertz CT molecular complexity index is 2020. The minimum atomic E-state index is -0.573. The van der Waals surface area contributed by atoms with Gasteiger partial charge in [0.15, 0.2) is 0 Å². The highest BCUT2D eigenvalue weighted by Crippen LogP contribution is 2.41. The Hall–Kier alpha value is -5.13. The summed E-state index contributed by atoms with van der Waals surface area (Å²) in [5.41, 5.74) is 6.08. The molecule has 0 spiro atoms. The lowest BCUT2D eigenvalue weighted by Crippen LogP contribution is -2.58. The predicted molar refractivity (Wildman–Crippen MR) is 202 cm³/mol. The van der Waals surface area contributed by atoms with Crippen LogP contribution in [0.4, 0.5) is 0 Å². The Balaban J connectivity index is 1.31. The van der Waals surface area contributed by atoms with Gasteiger partial charge in [0.2, 0.25) is 0 Å². The van der Waals surface area contributed by atoms with Gasteiger partial charge < -0.3 is 23.7 Å². The molecule has 0 unspecified atom stereocenters. The zero-order valence-electron chi connectivity index (χ0n) is 29.1. The molecule has 5 atom stereocenters. The number of hydrogen-bond donors (Lipinski definition) is 0. The van der Waals surface area contributed by atoms with Gasteiger partial charge in [-0.3, -0.25) is 0 Å². The molecule has 0 bridgehead atoms. The zero-order valence-corrected chi connectivity index (χ0v) is 29.1. The Kier molecular flexibility index (Phi) is 12.1. The van der Waals surface area contributed by atoms with Crippen LogP contribution in [0.3, 0.4) is 0 Å². The van der Waals surface area contributed by atoms with Crippen molar-refractivity contribution in [1.82, 2.24) is 0 Å². The summed E-state index contributed by atoms with van der Waals surface area (Å²) in [5, 5.41) is 11.8. The standard InChI is InChI=1S/C46H43NO5/c47-26-25-38-27-39-23-13-14-24-40(39)41(28-38)43-45(50-31-36-19-9-3-10-20-36)46(51-32-37-21-11-4-12-22-37)44(49-30-35-17-7-2-8-18-35)42(52-43)33-48-29-34-15-5-1-6-16-34/h1-24,27-28,42-46H,25,29-33H2/t42-,43+,44-,45+,46+/m1/s1. The van der Waals surface area contributed by atoms with Crippen LogP contribution < -0.4 is 0 Å². The van der Waals surface area contributed by atoms with E-state index in [2.05, 4.69) is 78.9 Å². The van der Waals surface area contributed by atoms with Gasteiger partial charge in [-0.05, 0) is 44.2 Å². The smallest absolute Gasteiger partial charge is 0.117 e. The van der Waals surface area contributed by atoms with E-state index in [1.54, 1.807) is 0 Å². The van der Waals surface area contributed by atoms with Crippen molar-refractivity contribution in [1.29, 1.82) is 5.26 Å². The van der Waals surface area contributed by atoms with Gasteiger partial charge in [0.05, 0.1) is 45.5 Å². The van der Waals surface area contributed by atoms with Crippen LogP contribution in [-0.4, -0.2) is 31.0 Å². The van der Waals surface area contributed by atoms with Crippen LogP contribution >= 0.6 is 0 Å². The molecule has 262 valence electrons. The summed E-state index contributed by atoms with van der Waals surface area (Å²) >= 11 is 0. The molecule has 0 saturated carbocycles. The maximum absolute atomic E-state index is 9.74. The summed E-state index contributed by atoms with van der Waals surface area (Å²) in [6, 6.07) is 55.4. The molecule has 0 N–H and O–H groups in total. The van der Waals surface area contributed by atoms with E-state index in [0.29, 0.717) is 26.4 Å². The highest BCUT2D eigenvalue weighted by atomic mass is 16.6. The predicted octanol–water partition coefficient (Wildman–Crippen LogP) is 9.32. The Labute approximate surface area is 306 Å². The SMILES string of the molecule is N#CCc1cc([C@@H]2O[C@H](COCc3ccccc3)[C@@H](OCc3ccccc3)[C@H](OCc3ccccc3)[C@H]2OCc2ccccc2)c2ccccc2c1. The molecule has 1 saturated heterocycles. The molecular weight excluding hydrogens is 647 g/mol. The molecule has 0 radical (unpaired) electrons. The molecule has 0 amide bonds. The monoisotopic (exact) mass is 689 g/mol. The van der Waals surface area contributed by atoms with Crippen molar-refractivity contribution in [3.8, 4) is 6.07 Å². The normalized spacial score (nSPS) is 20.0. The average Bonchev–Trinajstić information content (AvgIpc) is 3.20. The molecule has 6 heteroatoms. The number of benzene rings is 6. The van der Waals surface area contributed by atoms with Crippen LogP contribution in [0.25, 0.3) is 10.8 Å². The average molecular weight is 690 g/mol. The molecular formula is C46H43NO5. The first kappa shape index (κ1) is 35.3. The summed E-state index contributed by atoms with van der Waals surface area (Å²) in [6.45, 7) is 1.79. The molecule has 7 rings (SSSR count). The molecule has 6 nitrogen and oxygen atoms in total. The molecule has 0 aromatic heterocycles. The van der Waals surface area contributed by atoms with Crippen molar-refractivity contribution < 1.29 is 23.7 Å². The van der Waals surface area contributed by atoms with Crippen molar-refractivity contribution in [3.05, 3.63) is 191 Å². The lowest BCUT2D eigenvalue weighted by molar-refractivity contribution is -0.274. The van der Waals surface area contributed by atoms with E-state index < -0.39 is 30.5 Å². The molecule has 6 aromatic rings. The fourth-order valence-electron chi connectivity index (χ4n) is 6.87. The number of fused-ring (bicyclic) bond motifs is 1. The van der Waals surface area contributed by atoms with Gasteiger partial charge in [0.25, 0.3) is 0 Å². The number of ether oxygens (including phenoxy) is 5. The molecule has 1 aliphatic rings. The Morgan fingerprint density at radius 2 is 0.981 bits per heavy atom. The van der Waals surface area contributed by atoms with E-state index >= 15 is 0 Å². The van der Waals surface area contributed by atoms with Crippen molar-refractivity contribution in [3.63, 3.8) is 0 Å². The Morgan fingerprint density at radius 3 is 1.54 bits per heavy atom. The largest absolute Gasteiger partial charge is 0.374 e. The van der Waals surface area contributed by atoms with Crippen LogP contribution in [0, 0.1) is 11.3 Å². The van der Waals surface area contributed by atoms with Gasteiger partial charge in [0.1, 0.15) is 30.5 Å². The van der Waals surface area contributed by atoms with Gasteiger partial charge in [-0.2, -0.15) is 5.26 Å². The van der Waals surface area contributed by atoms with Gasteiger partial charge in [-0.15, -0.1) is 0 Å². The summed E-state index contributed by atoms with van der Waals surface area (Å²) in [4.78, 5) is 0. The first-order chi connectivity index (χ1) is 25.7. The van der Waals surface area contributed by atoms with Gasteiger partial charge in [-0.1, -0.05) is 158 Å². The number of nitrogens with zero attached hydrogens (tertiary/aromatic N) is 1. The first-order valence-electron chi connectivity index (χ1n) is 17.9. The third kappa shape index (κ3) is 9.02. The van der Waals surface area contributed by atoms with E-state index in [-0.39, 0.29) is 13.0 Å². The van der Waals surface area contributed by atoms with E-state index in [1.807, 2.05) is 84.9 Å². The van der Waals surface area contributed by atoms with Crippen LogP contribution in [0.15, 0.2) is 158 Å². The zero-order chi connectivity index (χ0) is 35.4. The first-order valence-corrected chi connectivity index (χ1v) is 17.9. The Morgan fingerprint density at radius 1 is 0.500 bits per heavy atom. The van der Waals surface area contributed by atoms with Crippen molar-refractivity contribution >= 4 is 10.8 Å². The van der Waals surface area contributed by atoms with Crippen molar-refractivity contribution in [2.75, 3.05) is 6.61 Å². The van der Waals surface area contributed by atoms with Crippen LogP contribution in [0.5, 0.6) is 0 Å². The van der Waals surface area contributed by atoms with E-state index in [0.717, 1.165) is 44.2 Å². The molecule has 6 aromatic carbocycles. The van der Waals surface area contributed by atoms with Crippen molar-refractivity contribution in [2.24, 2.45) is 0 Å². The lowest BCUT2D eigenvalue weighted by Gasteiger charge is -2.46. The molecule has 1 aliphatic heterocycles. The minimum absolute atomic E-state index is 0.275. The highest BCUT2D eigenvalue weighted by Gasteiger charge is 2.49. The maximum Gasteiger partial charge on any atom is 0.117 e. The van der Waals surface area contributed by atoms with Gasteiger partial charge in [-0.25, -0.2) is 0 Å². The lowest BCUT2D eigenvalue weighted by atomic mass is 9.87. The highest BCUT2D eigenvalue weighted by molar-refractivity contribution is 5.87. The molecule has 1 fully saturated rings. The third-order valence-corrected chi connectivity index (χ3v) is 9.43. The topological polar surface area (TPSA) is 69.9 Å². The fourth-order valence-corrected chi connectivity index (χ4v) is 6.87. The molecule has 1 heterocycles. The number of nitriles is 1. The molecule has 52 heavy (non-hydrogen) atoms. The summed E-state index contributed by atoms with van der Waals surface area (Å²) in [6.07, 6.45) is -2.44. The number of hydrogen-bond acceptors (Lipinski definition) is 6. The second kappa shape index (κ2) is 17.9. The third-order valence-electron chi connectivity index (χ3n) is 9.43. The van der Waals surface area contributed by atoms with Crippen LogP contribution in [-0.2, 0) is 56.5 Å². The van der Waals surface area contributed by atoms with Crippen LogP contribution in [0.1, 0.15) is 39.5 Å². The van der Waals surface area contributed by atoms with E-state index in [1.165, 1.54) is 0 Å². The molecule has 0 aliphatic carbocycles. The van der Waals surface area contributed by atoms with Gasteiger partial charge in [0, 0.05) is 0 Å². The fraction of sp³-hybridized carbons (Fsp3) is 0.239. The van der Waals surface area contributed by atoms with E-state index in [4.69, 9.17) is 23.7 Å². The summed E-state index contributed by atoms with van der Waals surface area (Å²) < 4.78 is 34.4. The van der Waals surface area contributed by atoms with Crippen LogP contribution in [0.2, 0.25) is 0 Å². The van der Waals surface area contributed by atoms with E-state index in [9.17, 15) is 5.26 Å². The quantitative estimate of drug-likeness (QED) is 0.107. The number of rotatable bonds is 15. The minimum Gasteiger partial charge on any atom is -0.374 e. The second-order valence-electron chi connectivity index (χ2n) is 13.1. The summed E-state index contributed by atoms with van der Waals surface area (Å²) in [5.74, 6) is 0. The van der Waals surface area contributed by atoms with Gasteiger partial charge >= 0.3 is 0 Å². The second-order valence-corrected chi connectivity index (χ2v) is 13.1. The summed E-state index contributed by atoms with van der Waals surface area (Å²) in [7, 11) is 0. The van der Waals surface area contributed by atoms with Crippen molar-refractivity contribution in [2.45, 2.75) is 63.4 Å².